The molecule has 0 aliphatic carbocycles. The summed E-state index contributed by atoms with van der Waals surface area (Å²) in [4.78, 5) is 4.09. The molecular weight excluding hydrogens is 178 g/mol. The van der Waals surface area contributed by atoms with Gasteiger partial charge < -0.3 is 9.84 Å². The Kier molecular flexibility index (Phi) is 2.44. The number of anilines is 1. The van der Waals surface area contributed by atoms with Crippen LogP contribution in [0.1, 0.15) is 11.7 Å². The molecule has 0 amide bonds. The molecule has 0 radical (unpaired) electrons. The molecule has 0 saturated carbocycles. The number of benzene rings is 1. The van der Waals surface area contributed by atoms with Crippen LogP contribution < -0.4 is 5.32 Å². The fourth-order valence-electron chi connectivity index (χ4n) is 1.15. The van der Waals surface area contributed by atoms with Crippen molar-refractivity contribution in [1.82, 2.24) is 10.1 Å². The zero-order valence-corrected chi connectivity index (χ0v) is 7.90. The minimum atomic E-state index is 0.585. The lowest BCUT2D eigenvalue weighted by molar-refractivity contribution is 0.388. The molecule has 0 aliphatic heterocycles. The van der Waals surface area contributed by atoms with Crippen molar-refractivity contribution >= 4 is 5.69 Å². The zero-order chi connectivity index (χ0) is 9.80. The van der Waals surface area contributed by atoms with Crippen molar-refractivity contribution in [1.29, 1.82) is 0 Å². The lowest BCUT2D eigenvalue weighted by Crippen LogP contribution is -2.00. The third-order valence-corrected chi connectivity index (χ3v) is 1.79. The van der Waals surface area contributed by atoms with E-state index in [-0.39, 0.29) is 0 Å². The first-order valence-corrected chi connectivity index (χ1v) is 4.43. The van der Waals surface area contributed by atoms with Gasteiger partial charge in [-0.05, 0) is 12.1 Å². The molecule has 72 valence electrons. The van der Waals surface area contributed by atoms with Gasteiger partial charge in [0.2, 0.25) is 5.89 Å². The second-order valence-electron chi connectivity index (χ2n) is 2.95. The fraction of sp³-hybridized carbons (Fsp3) is 0.200. The van der Waals surface area contributed by atoms with Crippen LogP contribution in [0.3, 0.4) is 0 Å². The van der Waals surface area contributed by atoms with E-state index >= 15 is 0 Å². The smallest absolute Gasteiger partial charge is 0.223 e. The van der Waals surface area contributed by atoms with Gasteiger partial charge in [-0.15, -0.1) is 0 Å². The summed E-state index contributed by atoms with van der Waals surface area (Å²) >= 11 is 0. The summed E-state index contributed by atoms with van der Waals surface area (Å²) in [6.45, 7) is 2.36. The molecule has 0 unspecified atom stereocenters. The maximum atomic E-state index is 4.85. The molecule has 0 saturated heterocycles. The molecule has 0 atom stereocenters. The molecule has 0 aliphatic rings. The Morgan fingerprint density at radius 3 is 2.71 bits per heavy atom. The lowest BCUT2D eigenvalue weighted by Gasteiger charge is -2.01. The van der Waals surface area contributed by atoms with E-state index in [9.17, 15) is 0 Å². The van der Waals surface area contributed by atoms with Crippen LogP contribution in [0.2, 0.25) is 0 Å². The highest BCUT2D eigenvalue weighted by molar-refractivity contribution is 5.42. The molecule has 1 aromatic carbocycles. The van der Waals surface area contributed by atoms with E-state index in [0.717, 1.165) is 5.69 Å². The van der Waals surface area contributed by atoms with E-state index in [4.69, 9.17) is 4.52 Å². The zero-order valence-electron chi connectivity index (χ0n) is 7.90. The molecule has 4 heteroatoms. The molecule has 0 bridgehead atoms. The van der Waals surface area contributed by atoms with Gasteiger partial charge in [-0.3, -0.25) is 0 Å². The summed E-state index contributed by atoms with van der Waals surface area (Å²) in [5, 5.41) is 6.97. The summed E-state index contributed by atoms with van der Waals surface area (Å²) in [6.07, 6.45) is 0. The average molecular weight is 189 g/mol. The average Bonchev–Trinajstić information content (AvgIpc) is 2.63. The highest BCUT2D eigenvalue weighted by atomic mass is 16.5. The van der Waals surface area contributed by atoms with Gasteiger partial charge in [0.25, 0.3) is 0 Å². The molecule has 14 heavy (non-hydrogen) atoms. The highest BCUT2D eigenvalue weighted by Gasteiger charge is 2.00. The van der Waals surface area contributed by atoms with Crippen molar-refractivity contribution in [2.24, 2.45) is 0 Å². The topological polar surface area (TPSA) is 51.0 Å². The van der Waals surface area contributed by atoms with Crippen molar-refractivity contribution in [2.75, 3.05) is 5.32 Å². The predicted octanol–water partition coefficient (Wildman–Crippen LogP) is 1.99. The number of rotatable bonds is 3. The maximum Gasteiger partial charge on any atom is 0.223 e. The van der Waals surface area contributed by atoms with Crippen molar-refractivity contribution in [2.45, 2.75) is 13.5 Å². The quantitative estimate of drug-likeness (QED) is 0.802. The third kappa shape index (κ3) is 2.10. The summed E-state index contributed by atoms with van der Waals surface area (Å²) < 4.78 is 4.85. The molecule has 0 fully saturated rings. The summed E-state index contributed by atoms with van der Waals surface area (Å²) in [6, 6.07) is 9.91. The Hall–Kier alpha value is -1.84. The maximum absolute atomic E-state index is 4.85. The molecule has 4 nitrogen and oxygen atoms in total. The van der Waals surface area contributed by atoms with Gasteiger partial charge in [-0.1, -0.05) is 23.4 Å². The Balaban J connectivity index is 1.95. The summed E-state index contributed by atoms with van der Waals surface area (Å²) in [5.41, 5.74) is 1.05. The minimum absolute atomic E-state index is 0.585. The Morgan fingerprint density at radius 2 is 2.07 bits per heavy atom. The van der Waals surface area contributed by atoms with Crippen LogP contribution in [-0.2, 0) is 6.54 Å². The summed E-state index contributed by atoms with van der Waals surface area (Å²) in [5.74, 6) is 1.27. The number of nitrogens with zero attached hydrogens (tertiary/aromatic N) is 2. The standard InChI is InChI=1S/C10H11N3O/c1-8-12-10(13-14-8)7-11-9-5-3-2-4-6-9/h2-6,11H,7H2,1H3. The number of hydrogen-bond acceptors (Lipinski definition) is 4. The van der Waals surface area contributed by atoms with Crippen LogP contribution in [0.25, 0.3) is 0 Å². The van der Waals surface area contributed by atoms with Crippen molar-refractivity contribution in [3.05, 3.63) is 42.0 Å². The second kappa shape index (κ2) is 3.91. The molecule has 1 heterocycles. The first-order valence-electron chi connectivity index (χ1n) is 4.43. The van der Waals surface area contributed by atoms with Gasteiger partial charge in [0.1, 0.15) is 0 Å². The van der Waals surface area contributed by atoms with E-state index in [0.29, 0.717) is 18.3 Å². The van der Waals surface area contributed by atoms with E-state index in [2.05, 4.69) is 15.5 Å². The van der Waals surface area contributed by atoms with Crippen LogP contribution in [-0.4, -0.2) is 10.1 Å². The number of nitrogens with one attached hydrogen (secondary N) is 1. The van der Waals surface area contributed by atoms with E-state index in [1.54, 1.807) is 6.92 Å². The predicted molar refractivity (Wildman–Crippen MR) is 52.8 cm³/mol. The van der Waals surface area contributed by atoms with Crippen LogP contribution in [0.5, 0.6) is 0 Å². The van der Waals surface area contributed by atoms with Crippen molar-refractivity contribution in [3.63, 3.8) is 0 Å². The molecule has 2 aromatic rings. The van der Waals surface area contributed by atoms with Crippen molar-refractivity contribution < 1.29 is 4.52 Å². The molecular formula is C10H11N3O. The van der Waals surface area contributed by atoms with Crippen LogP contribution >= 0.6 is 0 Å². The van der Waals surface area contributed by atoms with Gasteiger partial charge in [0.05, 0.1) is 6.54 Å². The number of aromatic nitrogens is 2. The molecule has 0 spiro atoms. The molecule has 1 aromatic heterocycles. The Labute approximate surface area is 82.0 Å². The highest BCUT2D eigenvalue weighted by Crippen LogP contribution is 2.06. The fourth-order valence-corrected chi connectivity index (χ4v) is 1.15. The normalized spacial score (nSPS) is 10.1. The van der Waals surface area contributed by atoms with E-state index in [1.807, 2.05) is 30.3 Å². The molecule has 1 N–H and O–H groups in total. The summed E-state index contributed by atoms with van der Waals surface area (Å²) in [7, 11) is 0. The van der Waals surface area contributed by atoms with E-state index < -0.39 is 0 Å². The first-order chi connectivity index (χ1) is 6.84. The lowest BCUT2D eigenvalue weighted by atomic mass is 10.3. The number of para-hydroxylation sites is 1. The number of aryl methyl sites for hydroxylation is 1. The van der Waals surface area contributed by atoms with Gasteiger partial charge in [-0.25, -0.2) is 0 Å². The van der Waals surface area contributed by atoms with Gasteiger partial charge in [-0.2, -0.15) is 4.98 Å². The van der Waals surface area contributed by atoms with Crippen LogP contribution in [0.15, 0.2) is 34.9 Å². The van der Waals surface area contributed by atoms with Crippen LogP contribution in [0.4, 0.5) is 5.69 Å². The van der Waals surface area contributed by atoms with E-state index in [1.165, 1.54) is 0 Å². The SMILES string of the molecule is Cc1nc(CNc2ccccc2)no1. The van der Waals surface area contributed by atoms with Gasteiger partial charge >= 0.3 is 0 Å². The number of hydrogen-bond donors (Lipinski definition) is 1. The molecule has 2 rings (SSSR count). The first kappa shape index (κ1) is 8.74. The Bertz CT molecular complexity index is 397. The Morgan fingerprint density at radius 1 is 1.29 bits per heavy atom. The third-order valence-electron chi connectivity index (χ3n) is 1.79. The van der Waals surface area contributed by atoms with Gasteiger partial charge in [0.15, 0.2) is 5.82 Å². The monoisotopic (exact) mass is 189 g/mol. The largest absolute Gasteiger partial charge is 0.378 e. The van der Waals surface area contributed by atoms with Gasteiger partial charge in [0, 0.05) is 12.6 Å². The minimum Gasteiger partial charge on any atom is -0.378 e. The second-order valence-corrected chi connectivity index (χ2v) is 2.95. The van der Waals surface area contributed by atoms with Crippen LogP contribution in [0, 0.1) is 6.92 Å². The van der Waals surface area contributed by atoms with Crippen molar-refractivity contribution in [3.8, 4) is 0 Å².